The Morgan fingerprint density at radius 1 is 1.40 bits per heavy atom. The zero-order valence-corrected chi connectivity index (χ0v) is 13.9. The van der Waals surface area contributed by atoms with Crippen LogP contribution >= 0.6 is 0 Å². The van der Waals surface area contributed by atoms with E-state index in [1.165, 1.54) is 32.4 Å². The lowest BCUT2D eigenvalue weighted by molar-refractivity contribution is 0.201. The predicted octanol–water partition coefficient (Wildman–Crippen LogP) is 3.56. The number of unbranched alkanes of at least 4 members (excludes halogenated alkanes) is 1. The summed E-state index contributed by atoms with van der Waals surface area (Å²) >= 11 is 0. The van der Waals surface area contributed by atoms with Gasteiger partial charge in [-0.15, -0.1) is 0 Å². The van der Waals surface area contributed by atoms with Crippen molar-refractivity contribution in [2.75, 3.05) is 19.6 Å². The quantitative estimate of drug-likeness (QED) is 0.656. The molecule has 20 heavy (non-hydrogen) atoms. The molecule has 0 aromatic heterocycles. The fourth-order valence-electron chi connectivity index (χ4n) is 3.26. The Morgan fingerprint density at radius 3 is 2.75 bits per heavy atom. The minimum absolute atomic E-state index is 0.335. The fourth-order valence-corrected chi connectivity index (χ4v) is 3.26. The van der Waals surface area contributed by atoms with Crippen LogP contribution in [0.5, 0.6) is 0 Å². The van der Waals surface area contributed by atoms with Gasteiger partial charge in [0.25, 0.3) is 0 Å². The maximum atomic E-state index is 9.31. The highest BCUT2D eigenvalue weighted by molar-refractivity contribution is 5.03. The van der Waals surface area contributed by atoms with Crippen LogP contribution < -0.4 is 5.32 Å². The Labute approximate surface area is 125 Å². The van der Waals surface area contributed by atoms with Crippen LogP contribution in [-0.4, -0.2) is 36.1 Å². The third kappa shape index (κ3) is 5.42. The van der Waals surface area contributed by atoms with Crippen LogP contribution in [0.2, 0.25) is 0 Å². The lowest BCUT2D eigenvalue weighted by Gasteiger charge is -2.28. The molecule has 3 heteroatoms. The first kappa shape index (κ1) is 17.5. The van der Waals surface area contributed by atoms with Gasteiger partial charge in [-0.1, -0.05) is 20.8 Å². The summed E-state index contributed by atoms with van der Waals surface area (Å²) in [5.74, 6) is 0.771. The topological polar surface area (TPSA) is 39.1 Å². The van der Waals surface area contributed by atoms with Gasteiger partial charge in [0, 0.05) is 6.04 Å². The van der Waals surface area contributed by atoms with E-state index in [-0.39, 0.29) is 5.54 Å². The first-order valence-electron chi connectivity index (χ1n) is 8.42. The zero-order chi connectivity index (χ0) is 15.0. The summed E-state index contributed by atoms with van der Waals surface area (Å²) in [6.45, 7) is 12.3. The van der Waals surface area contributed by atoms with Gasteiger partial charge in [-0.2, -0.15) is 5.26 Å². The molecule has 1 heterocycles. The van der Waals surface area contributed by atoms with Gasteiger partial charge in [-0.3, -0.25) is 5.32 Å². The minimum atomic E-state index is -0.335. The van der Waals surface area contributed by atoms with Crippen molar-refractivity contribution in [3.63, 3.8) is 0 Å². The van der Waals surface area contributed by atoms with Crippen molar-refractivity contribution in [1.82, 2.24) is 10.2 Å². The third-order valence-electron chi connectivity index (χ3n) is 4.57. The molecule has 1 saturated heterocycles. The average Bonchev–Trinajstić information content (AvgIpc) is 2.90. The van der Waals surface area contributed by atoms with E-state index in [9.17, 15) is 5.26 Å². The van der Waals surface area contributed by atoms with Crippen molar-refractivity contribution in [3.05, 3.63) is 0 Å². The maximum absolute atomic E-state index is 9.31. The second kappa shape index (κ2) is 8.64. The molecule has 116 valence electrons. The molecule has 3 nitrogen and oxygen atoms in total. The third-order valence-corrected chi connectivity index (χ3v) is 4.57. The normalized spacial score (nSPS) is 22.9. The monoisotopic (exact) mass is 279 g/mol. The van der Waals surface area contributed by atoms with E-state index in [2.05, 4.69) is 37.1 Å². The standard InChI is InChI=1S/C17H33N3/c1-5-11-19-17(4,14-18)10-6-7-12-20-13-8-9-16(20)15(2)3/h15-16,19H,5-13H2,1-4H3. The molecule has 0 aromatic rings. The number of hydrogen-bond donors (Lipinski definition) is 1. The molecule has 0 spiro atoms. The molecular formula is C17H33N3. The van der Waals surface area contributed by atoms with Crippen LogP contribution in [0.3, 0.4) is 0 Å². The van der Waals surface area contributed by atoms with Crippen molar-refractivity contribution < 1.29 is 0 Å². The highest BCUT2D eigenvalue weighted by atomic mass is 15.2. The summed E-state index contributed by atoms with van der Waals surface area (Å²) in [6.07, 6.45) is 7.13. The van der Waals surface area contributed by atoms with E-state index < -0.39 is 0 Å². The molecular weight excluding hydrogens is 246 g/mol. The highest BCUT2D eigenvalue weighted by Crippen LogP contribution is 2.24. The smallest absolute Gasteiger partial charge is 0.103 e. The van der Waals surface area contributed by atoms with E-state index in [4.69, 9.17) is 0 Å². The van der Waals surface area contributed by atoms with Crippen LogP contribution in [-0.2, 0) is 0 Å². The van der Waals surface area contributed by atoms with Crippen molar-refractivity contribution in [2.45, 2.75) is 77.8 Å². The van der Waals surface area contributed by atoms with Gasteiger partial charge in [0.05, 0.1) is 6.07 Å². The van der Waals surface area contributed by atoms with Gasteiger partial charge < -0.3 is 4.90 Å². The molecule has 2 unspecified atom stereocenters. The minimum Gasteiger partial charge on any atom is -0.300 e. The summed E-state index contributed by atoms with van der Waals surface area (Å²) in [5, 5.41) is 12.7. The van der Waals surface area contributed by atoms with Crippen LogP contribution in [0.1, 0.15) is 66.2 Å². The Kier molecular flexibility index (Phi) is 7.55. The SMILES string of the molecule is CCCNC(C)(C#N)CCCCN1CCCC1C(C)C. The number of hydrogen-bond acceptors (Lipinski definition) is 3. The second-order valence-electron chi connectivity index (χ2n) is 6.82. The predicted molar refractivity (Wildman–Crippen MR) is 85.6 cm³/mol. The fraction of sp³-hybridized carbons (Fsp3) is 0.941. The number of nitrogens with one attached hydrogen (secondary N) is 1. The molecule has 0 amide bonds. The van der Waals surface area contributed by atoms with E-state index in [1.54, 1.807) is 0 Å². The van der Waals surface area contributed by atoms with E-state index in [1.807, 2.05) is 6.92 Å². The average molecular weight is 279 g/mol. The molecule has 1 aliphatic rings. The van der Waals surface area contributed by atoms with E-state index in [0.717, 1.165) is 37.8 Å². The van der Waals surface area contributed by atoms with Gasteiger partial charge >= 0.3 is 0 Å². The van der Waals surface area contributed by atoms with Crippen molar-refractivity contribution in [1.29, 1.82) is 5.26 Å². The summed E-state index contributed by atoms with van der Waals surface area (Å²) in [7, 11) is 0. The van der Waals surface area contributed by atoms with Crippen LogP contribution in [0.15, 0.2) is 0 Å². The number of nitriles is 1. The molecule has 2 atom stereocenters. The molecule has 1 aliphatic heterocycles. The second-order valence-corrected chi connectivity index (χ2v) is 6.82. The summed E-state index contributed by atoms with van der Waals surface area (Å²) in [5.41, 5.74) is -0.335. The summed E-state index contributed by atoms with van der Waals surface area (Å²) in [6, 6.07) is 3.23. The number of nitrogens with zero attached hydrogens (tertiary/aromatic N) is 2. The van der Waals surface area contributed by atoms with Crippen molar-refractivity contribution in [3.8, 4) is 6.07 Å². The highest BCUT2D eigenvalue weighted by Gasteiger charge is 2.27. The lowest BCUT2D eigenvalue weighted by atomic mass is 9.96. The van der Waals surface area contributed by atoms with Crippen LogP contribution in [0.25, 0.3) is 0 Å². The van der Waals surface area contributed by atoms with Crippen molar-refractivity contribution in [2.24, 2.45) is 5.92 Å². The van der Waals surface area contributed by atoms with E-state index >= 15 is 0 Å². The molecule has 0 aliphatic carbocycles. The summed E-state index contributed by atoms with van der Waals surface area (Å²) in [4.78, 5) is 2.66. The van der Waals surface area contributed by atoms with Gasteiger partial charge in [-0.05, 0) is 71.0 Å². The van der Waals surface area contributed by atoms with E-state index in [0.29, 0.717) is 0 Å². The molecule has 0 radical (unpaired) electrons. The van der Waals surface area contributed by atoms with Crippen LogP contribution in [0.4, 0.5) is 0 Å². The molecule has 0 saturated carbocycles. The van der Waals surface area contributed by atoms with Crippen LogP contribution in [0, 0.1) is 17.2 Å². The van der Waals surface area contributed by atoms with Gasteiger partial charge in [0.1, 0.15) is 5.54 Å². The molecule has 1 rings (SSSR count). The Bertz CT molecular complexity index is 308. The van der Waals surface area contributed by atoms with Gasteiger partial charge in [-0.25, -0.2) is 0 Å². The first-order chi connectivity index (χ1) is 9.52. The number of rotatable bonds is 9. The molecule has 1 fully saturated rings. The molecule has 1 N–H and O–H groups in total. The Morgan fingerprint density at radius 2 is 2.15 bits per heavy atom. The maximum Gasteiger partial charge on any atom is 0.103 e. The summed E-state index contributed by atoms with van der Waals surface area (Å²) < 4.78 is 0. The zero-order valence-electron chi connectivity index (χ0n) is 13.9. The van der Waals surface area contributed by atoms with Gasteiger partial charge in [0.15, 0.2) is 0 Å². The van der Waals surface area contributed by atoms with Gasteiger partial charge in [0.2, 0.25) is 0 Å². The lowest BCUT2D eigenvalue weighted by Crippen LogP contribution is -2.41. The first-order valence-corrected chi connectivity index (χ1v) is 8.42. The van der Waals surface area contributed by atoms with Crippen molar-refractivity contribution >= 4 is 0 Å². The number of likely N-dealkylation sites (tertiary alicyclic amines) is 1. The molecule has 0 bridgehead atoms. The largest absolute Gasteiger partial charge is 0.300 e. The Balaban J connectivity index is 2.25. The Hall–Kier alpha value is -0.590. The molecule has 0 aromatic carbocycles.